The lowest BCUT2D eigenvalue weighted by molar-refractivity contribution is -0.119. The molecule has 0 bridgehead atoms. The minimum Gasteiger partial charge on any atom is -0.300 e. The van der Waals surface area contributed by atoms with Crippen LogP contribution in [-0.4, -0.2) is 5.78 Å². The molecule has 284 valence electrons. The molecule has 0 N–H and O–H groups in total. The number of hydrogen-bond acceptors (Lipinski definition) is 1. The van der Waals surface area contributed by atoms with Gasteiger partial charge in [0.05, 0.1) is 0 Å². The van der Waals surface area contributed by atoms with Gasteiger partial charge >= 0.3 is 0 Å². The Bertz CT molecular complexity index is 2370. The standard InChI is InChI=1S/C55H53OP/c1-34-30-35(2)39(6)53(38(34)5)49-20-15-21-50(54-40(7)36(3)31-37(4)41(54)8)55(49)57-51(46-26-22-44(23-27-46)42-16-11-9-12-17-42)32-48(56)33-52(57)47-28-24-45(25-29-47)43-18-13-10-14-19-43/h9-31,51-52H,32-33H2,1-8H3. The summed E-state index contributed by atoms with van der Waals surface area (Å²) in [5.41, 5.74) is 23.3. The lowest BCUT2D eigenvalue weighted by Crippen LogP contribution is -2.26. The highest BCUT2D eigenvalue weighted by Gasteiger charge is 2.42. The monoisotopic (exact) mass is 760 g/mol. The molecular formula is C55H53OP. The maximum atomic E-state index is 14.3. The highest BCUT2D eigenvalue weighted by atomic mass is 31.1. The van der Waals surface area contributed by atoms with Gasteiger partial charge in [0.2, 0.25) is 0 Å². The third-order valence-electron chi connectivity index (χ3n) is 12.9. The van der Waals surface area contributed by atoms with Gasteiger partial charge in [0.15, 0.2) is 0 Å². The summed E-state index contributed by atoms with van der Waals surface area (Å²) in [4.78, 5) is 14.3. The van der Waals surface area contributed by atoms with Crippen LogP contribution in [0.25, 0.3) is 44.5 Å². The van der Waals surface area contributed by atoms with Gasteiger partial charge in [-0.05, 0) is 161 Å². The molecule has 0 aliphatic carbocycles. The van der Waals surface area contributed by atoms with Gasteiger partial charge < -0.3 is 0 Å². The Morgan fingerprint density at radius 2 is 0.737 bits per heavy atom. The molecule has 8 rings (SSSR count). The van der Waals surface area contributed by atoms with Gasteiger partial charge in [0.1, 0.15) is 5.78 Å². The van der Waals surface area contributed by atoms with Crippen molar-refractivity contribution in [3.63, 3.8) is 0 Å². The van der Waals surface area contributed by atoms with Crippen molar-refractivity contribution in [2.45, 2.75) is 79.5 Å². The summed E-state index contributed by atoms with van der Waals surface area (Å²) in [6.45, 7) is 18.2. The molecule has 0 saturated carbocycles. The van der Waals surface area contributed by atoms with Crippen molar-refractivity contribution in [2.24, 2.45) is 0 Å². The van der Waals surface area contributed by atoms with Crippen molar-refractivity contribution >= 4 is 19.0 Å². The third-order valence-corrected chi connectivity index (χ3v) is 16.2. The van der Waals surface area contributed by atoms with Gasteiger partial charge in [-0.2, -0.15) is 0 Å². The van der Waals surface area contributed by atoms with Gasteiger partial charge in [0, 0.05) is 24.2 Å². The summed E-state index contributed by atoms with van der Waals surface area (Å²) < 4.78 is 0. The van der Waals surface area contributed by atoms with Crippen LogP contribution in [0.2, 0.25) is 0 Å². The van der Waals surface area contributed by atoms with E-state index in [1.807, 2.05) is 0 Å². The van der Waals surface area contributed by atoms with E-state index in [-0.39, 0.29) is 11.3 Å². The zero-order valence-corrected chi connectivity index (χ0v) is 35.6. The summed E-state index contributed by atoms with van der Waals surface area (Å²) in [6, 6.07) is 51.3. The van der Waals surface area contributed by atoms with Crippen molar-refractivity contribution < 1.29 is 4.79 Å². The van der Waals surface area contributed by atoms with E-state index in [1.165, 1.54) is 105 Å². The fourth-order valence-electron chi connectivity index (χ4n) is 9.32. The first-order valence-corrected chi connectivity index (χ1v) is 21.9. The van der Waals surface area contributed by atoms with Crippen LogP contribution in [0.3, 0.4) is 0 Å². The average Bonchev–Trinajstić information content (AvgIpc) is 3.23. The zero-order chi connectivity index (χ0) is 40.0. The molecule has 1 fully saturated rings. The molecule has 7 aromatic carbocycles. The molecule has 1 saturated heterocycles. The molecule has 2 unspecified atom stereocenters. The fourth-order valence-corrected chi connectivity index (χ4v) is 13.1. The molecule has 2 heteroatoms. The van der Waals surface area contributed by atoms with Crippen LogP contribution in [-0.2, 0) is 4.79 Å². The summed E-state index contributed by atoms with van der Waals surface area (Å²) >= 11 is 0. The SMILES string of the molecule is Cc1cc(C)c(C)c(-c2cccc(-c3c(C)c(C)cc(C)c3C)c2P2C(c3ccc(-c4ccccc4)cc3)CC(=O)CC2c2ccc(-c3ccccc3)cc2)c1C. The van der Waals surface area contributed by atoms with Crippen molar-refractivity contribution in [1.29, 1.82) is 0 Å². The van der Waals surface area contributed by atoms with Crippen molar-refractivity contribution in [3.05, 3.63) is 195 Å². The average molecular weight is 761 g/mol. The molecule has 1 nitrogen and oxygen atoms in total. The van der Waals surface area contributed by atoms with Crippen molar-refractivity contribution in [2.75, 3.05) is 0 Å². The number of carbonyl (C=O) groups excluding carboxylic acids is 1. The van der Waals surface area contributed by atoms with E-state index in [1.54, 1.807) is 0 Å². The lowest BCUT2D eigenvalue weighted by atomic mass is 9.85. The number of aryl methyl sites for hydroxylation is 4. The van der Waals surface area contributed by atoms with E-state index in [0.29, 0.717) is 18.6 Å². The van der Waals surface area contributed by atoms with E-state index in [9.17, 15) is 4.79 Å². The van der Waals surface area contributed by atoms with E-state index in [0.717, 1.165) is 0 Å². The Morgan fingerprint density at radius 3 is 1.09 bits per heavy atom. The Balaban J connectivity index is 1.43. The predicted molar refractivity (Wildman–Crippen MR) is 245 cm³/mol. The summed E-state index contributed by atoms with van der Waals surface area (Å²) in [5.74, 6) is 0.347. The second-order valence-corrected chi connectivity index (χ2v) is 18.8. The zero-order valence-electron chi connectivity index (χ0n) is 34.7. The number of carbonyl (C=O) groups is 1. The molecule has 57 heavy (non-hydrogen) atoms. The fraction of sp³-hybridized carbons (Fsp3) is 0.218. The van der Waals surface area contributed by atoms with E-state index in [4.69, 9.17) is 0 Å². The van der Waals surface area contributed by atoms with Gasteiger partial charge in [0.25, 0.3) is 0 Å². The third kappa shape index (κ3) is 7.24. The van der Waals surface area contributed by atoms with Gasteiger partial charge in [-0.3, -0.25) is 4.79 Å². The van der Waals surface area contributed by atoms with Gasteiger partial charge in [-0.15, -0.1) is 0 Å². The quantitative estimate of drug-likeness (QED) is 0.148. The minimum atomic E-state index is -0.998. The maximum Gasteiger partial charge on any atom is 0.134 e. The normalized spacial score (nSPS) is 16.8. The molecule has 1 heterocycles. The van der Waals surface area contributed by atoms with Gasteiger partial charge in [-0.25, -0.2) is 0 Å². The maximum absolute atomic E-state index is 14.3. The molecule has 1 aliphatic rings. The lowest BCUT2D eigenvalue weighted by Gasteiger charge is -2.41. The molecule has 0 radical (unpaired) electrons. The molecule has 0 aromatic heterocycles. The predicted octanol–water partition coefficient (Wildman–Crippen LogP) is 14.8. The summed E-state index contributed by atoms with van der Waals surface area (Å²) in [6.07, 6.45) is 1.08. The number of rotatable bonds is 7. The minimum absolute atomic E-state index is 0.0443. The summed E-state index contributed by atoms with van der Waals surface area (Å²) in [5, 5.41) is 1.43. The number of ketones is 1. The number of Topliss-reactive ketones (excluding diaryl/α,β-unsaturated/α-hetero) is 1. The molecule has 0 amide bonds. The van der Waals surface area contributed by atoms with Crippen molar-refractivity contribution in [1.82, 2.24) is 0 Å². The molecular weight excluding hydrogens is 708 g/mol. The Morgan fingerprint density at radius 1 is 0.404 bits per heavy atom. The largest absolute Gasteiger partial charge is 0.300 e. The number of hydrogen-bond donors (Lipinski definition) is 0. The van der Waals surface area contributed by atoms with Gasteiger partial charge in [-0.1, -0.05) is 147 Å². The van der Waals surface area contributed by atoms with E-state index < -0.39 is 7.92 Å². The first-order valence-electron chi connectivity index (χ1n) is 20.4. The van der Waals surface area contributed by atoms with Crippen LogP contribution in [0.4, 0.5) is 0 Å². The van der Waals surface area contributed by atoms with Crippen LogP contribution in [0.15, 0.2) is 140 Å². The molecule has 7 aromatic rings. The van der Waals surface area contributed by atoms with E-state index in [2.05, 4.69) is 195 Å². The topological polar surface area (TPSA) is 17.1 Å². The number of benzene rings is 7. The Kier molecular flexibility index (Phi) is 10.7. The summed E-state index contributed by atoms with van der Waals surface area (Å²) in [7, 11) is -0.998. The second-order valence-electron chi connectivity index (χ2n) is 16.3. The Hall–Kier alpha value is -5.36. The van der Waals surface area contributed by atoms with Crippen molar-refractivity contribution in [3.8, 4) is 44.5 Å². The second kappa shape index (κ2) is 15.9. The first-order chi connectivity index (χ1) is 27.5. The van der Waals surface area contributed by atoms with Crippen LogP contribution in [0.1, 0.15) is 79.8 Å². The molecule has 1 aliphatic heterocycles. The Labute approximate surface area is 341 Å². The molecule has 0 spiro atoms. The highest BCUT2D eigenvalue weighted by molar-refractivity contribution is 7.67. The van der Waals surface area contributed by atoms with E-state index >= 15 is 0 Å². The van der Waals surface area contributed by atoms with Crippen LogP contribution in [0, 0.1) is 55.4 Å². The molecule has 2 atom stereocenters. The van der Waals surface area contributed by atoms with Crippen LogP contribution >= 0.6 is 7.92 Å². The van der Waals surface area contributed by atoms with Crippen LogP contribution < -0.4 is 5.30 Å². The van der Waals surface area contributed by atoms with Crippen LogP contribution in [0.5, 0.6) is 0 Å². The first kappa shape index (κ1) is 38.5. The highest BCUT2D eigenvalue weighted by Crippen LogP contribution is 2.68. The smallest absolute Gasteiger partial charge is 0.134 e.